The molecule has 2 atom stereocenters. The van der Waals surface area contributed by atoms with Gasteiger partial charge in [0.15, 0.2) is 0 Å². The lowest BCUT2D eigenvalue weighted by Crippen LogP contribution is -2.52. The lowest BCUT2D eigenvalue weighted by atomic mass is 10.0. The number of aliphatic hydroxyl groups excluding tert-OH is 1. The van der Waals surface area contributed by atoms with Crippen LogP contribution in [-0.2, 0) is 14.4 Å². The molecular formula is C27H52N2O5S. The van der Waals surface area contributed by atoms with Gasteiger partial charge in [-0.3, -0.25) is 9.59 Å². The lowest BCUT2D eigenvalue weighted by molar-refractivity contribution is -0.142. The Hall–Kier alpha value is -1.28. The Balaban J connectivity index is 3.73. The van der Waals surface area contributed by atoms with Crippen LogP contribution in [0.3, 0.4) is 0 Å². The molecule has 4 N–H and O–H groups in total. The van der Waals surface area contributed by atoms with Gasteiger partial charge in [-0.25, -0.2) is 4.79 Å². The van der Waals surface area contributed by atoms with Crippen LogP contribution in [0.1, 0.15) is 123 Å². The van der Waals surface area contributed by atoms with Gasteiger partial charge in [0, 0.05) is 25.7 Å². The highest BCUT2D eigenvalue weighted by Gasteiger charge is 2.25. The fraction of sp³-hybridized carbons (Fsp3) is 0.889. The molecule has 206 valence electrons. The third-order valence-electron chi connectivity index (χ3n) is 6.15. The Labute approximate surface area is 218 Å². The Morgan fingerprint density at radius 3 is 1.57 bits per heavy atom. The topological polar surface area (TPSA) is 116 Å². The number of unbranched alkanes of at least 4 members (excludes halogenated alkanes) is 15. The smallest absolute Gasteiger partial charge is 0.326 e. The first kappa shape index (κ1) is 33.7. The maximum Gasteiger partial charge on any atom is 0.326 e. The van der Waals surface area contributed by atoms with Crippen molar-refractivity contribution in [1.82, 2.24) is 10.6 Å². The molecule has 0 aliphatic rings. The molecule has 0 bridgehead atoms. The summed E-state index contributed by atoms with van der Waals surface area (Å²) in [6.45, 7) is 3.26. The Bertz CT molecular complexity index is 548. The summed E-state index contributed by atoms with van der Waals surface area (Å²) in [6, 6.07) is -1.94. The van der Waals surface area contributed by atoms with E-state index in [9.17, 15) is 14.4 Å². The van der Waals surface area contributed by atoms with E-state index in [4.69, 9.17) is 10.2 Å². The van der Waals surface area contributed by atoms with E-state index in [2.05, 4.69) is 17.6 Å². The zero-order valence-electron chi connectivity index (χ0n) is 22.3. The second kappa shape index (κ2) is 24.4. The van der Waals surface area contributed by atoms with Crippen LogP contribution in [0.25, 0.3) is 0 Å². The number of aliphatic carboxylic acids is 1. The van der Waals surface area contributed by atoms with Crippen molar-refractivity contribution in [3.63, 3.8) is 0 Å². The summed E-state index contributed by atoms with van der Waals surface area (Å²) in [4.78, 5) is 35.0. The van der Waals surface area contributed by atoms with Gasteiger partial charge in [0.2, 0.25) is 11.8 Å². The average molecular weight is 517 g/mol. The number of aliphatic hydroxyl groups is 1. The minimum absolute atomic E-state index is 0.0692. The average Bonchev–Trinajstić information content (AvgIpc) is 2.81. The van der Waals surface area contributed by atoms with E-state index in [0.717, 1.165) is 12.2 Å². The zero-order valence-corrected chi connectivity index (χ0v) is 23.1. The molecule has 0 fully saturated rings. The third-order valence-corrected chi connectivity index (χ3v) is 7.30. The van der Waals surface area contributed by atoms with Crippen molar-refractivity contribution >= 4 is 29.5 Å². The fourth-order valence-corrected chi connectivity index (χ4v) is 5.09. The van der Waals surface area contributed by atoms with Crippen molar-refractivity contribution in [3.05, 3.63) is 0 Å². The first-order chi connectivity index (χ1) is 16.9. The van der Waals surface area contributed by atoms with Gasteiger partial charge in [-0.15, -0.1) is 0 Å². The van der Waals surface area contributed by atoms with Gasteiger partial charge in [0.25, 0.3) is 0 Å². The van der Waals surface area contributed by atoms with E-state index < -0.39 is 24.0 Å². The van der Waals surface area contributed by atoms with Crippen LogP contribution >= 0.6 is 11.8 Å². The summed E-state index contributed by atoms with van der Waals surface area (Å²) in [7, 11) is 0. The molecule has 0 heterocycles. The monoisotopic (exact) mass is 516 g/mol. The summed E-state index contributed by atoms with van der Waals surface area (Å²) >= 11 is 1.59. The van der Waals surface area contributed by atoms with Crippen LogP contribution in [0.2, 0.25) is 0 Å². The molecule has 35 heavy (non-hydrogen) atoms. The van der Waals surface area contributed by atoms with E-state index >= 15 is 0 Å². The molecule has 7 nitrogen and oxygen atoms in total. The molecule has 8 heteroatoms. The van der Waals surface area contributed by atoms with Crippen molar-refractivity contribution < 1.29 is 24.6 Å². The second-order valence-electron chi connectivity index (χ2n) is 9.54. The number of amides is 2. The van der Waals surface area contributed by atoms with Gasteiger partial charge in [-0.05, 0) is 12.2 Å². The molecule has 0 saturated carbocycles. The van der Waals surface area contributed by atoms with Crippen LogP contribution in [0.15, 0.2) is 0 Å². The molecule has 0 aromatic heterocycles. The SMILES string of the molecule is CCCCCCCCCCCCCCCCCCSC[C@@H](NC(C)=O)C(=O)N[C@@H](CCO)C(=O)O. The molecule has 0 saturated heterocycles. The molecule has 0 rings (SSSR count). The van der Waals surface area contributed by atoms with Gasteiger partial charge in [-0.2, -0.15) is 11.8 Å². The van der Waals surface area contributed by atoms with Crippen molar-refractivity contribution in [1.29, 1.82) is 0 Å². The van der Waals surface area contributed by atoms with E-state index in [0.29, 0.717) is 5.75 Å². The predicted molar refractivity (Wildman–Crippen MR) is 146 cm³/mol. The first-order valence-corrected chi connectivity index (χ1v) is 15.1. The van der Waals surface area contributed by atoms with E-state index in [1.807, 2.05) is 0 Å². The van der Waals surface area contributed by atoms with Gasteiger partial charge >= 0.3 is 5.97 Å². The Kier molecular flexibility index (Phi) is 23.5. The first-order valence-electron chi connectivity index (χ1n) is 13.9. The number of carbonyl (C=O) groups is 3. The van der Waals surface area contributed by atoms with Gasteiger partial charge < -0.3 is 20.8 Å². The number of hydrogen-bond donors (Lipinski definition) is 4. The van der Waals surface area contributed by atoms with Crippen LogP contribution in [-0.4, -0.2) is 58.2 Å². The zero-order chi connectivity index (χ0) is 26.2. The normalized spacial score (nSPS) is 12.8. The molecular weight excluding hydrogens is 464 g/mol. The van der Waals surface area contributed by atoms with E-state index in [-0.39, 0.29) is 18.9 Å². The van der Waals surface area contributed by atoms with Crippen LogP contribution in [0.5, 0.6) is 0 Å². The Morgan fingerprint density at radius 2 is 1.17 bits per heavy atom. The number of carboxylic acids is 1. The van der Waals surface area contributed by atoms with Gasteiger partial charge in [-0.1, -0.05) is 103 Å². The number of hydrogen-bond acceptors (Lipinski definition) is 5. The molecule has 2 amide bonds. The summed E-state index contributed by atoms with van der Waals surface area (Å²) < 4.78 is 0. The molecule has 0 aromatic carbocycles. The maximum absolute atomic E-state index is 12.4. The summed E-state index contributed by atoms with van der Waals surface area (Å²) in [5, 5.41) is 23.1. The molecule has 0 aliphatic carbocycles. The molecule has 0 radical (unpaired) electrons. The lowest BCUT2D eigenvalue weighted by Gasteiger charge is -2.20. The van der Waals surface area contributed by atoms with Gasteiger partial charge in [0.05, 0.1) is 0 Å². The summed E-state index contributed by atoms with van der Waals surface area (Å²) in [5.41, 5.74) is 0. The minimum Gasteiger partial charge on any atom is -0.480 e. The highest BCUT2D eigenvalue weighted by Crippen LogP contribution is 2.15. The predicted octanol–water partition coefficient (Wildman–Crippen LogP) is 5.44. The van der Waals surface area contributed by atoms with Gasteiger partial charge in [0.1, 0.15) is 12.1 Å². The number of nitrogens with one attached hydrogen (secondary N) is 2. The van der Waals surface area contributed by atoms with Crippen molar-refractivity contribution in [2.75, 3.05) is 18.1 Å². The molecule has 0 aliphatic heterocycles. The fourth-order valence-electron chi connectivity index (χ4n) is 4.04. The minimum atomic E-state index is -1.20. The summed E-state index contributed by atoms with van der Waals surface area (Å²) in [5.74, 6) is -0.756. The number of rotatable bonds is 25. The maximum atomic E-state index is 12.4. The third kappa shape index (κ3) is 21.7. The highest BCUT2D eigenvalue weighted by atomic mass is 32.2. The Morgan fingerprint density at radius 1 is 0.714 bits per heavy atom. The van der Waals surface area contributed by atoms with Crippen molar-refractivity contribution in [3.8, 4) is 0 Å². The highest BCUT2D eigenvalue weighted by molar-refractivity contribution is 7.99. The quantitative estimate of drug-likeness (QED) is 0.120. The van der Waals surface area contributed by atoms with Crippen molar-refractivity contribution in [2.24, 2.45) is 0 Å². The molecule has 0 aromatic rings. The van der Waals surface area contributed by atoms with Crippen LogP contribution in [0, 0.1) is 0 Å². The largest absolute Gasteiger partial charge is 0.480 e. The molecule has 0 spiro atoms. The van der Waals surface area contributed by atoms with Crippen LogP contribution in [0.4, 0.5) is 0 Å². The van der Waals surface area contributed by atoms with E-state index in [1.54, 1.807) is 11.8 Å². The number of carbonyl (C=O) groups excluding carboxylic acids is 2. The number of thioether (sulfide) groups is 1. The standard InChI is InChI=1S/C27H52N2O5S/c1-3-4-5-6-7-8-9-10-11-12-13-14-15-16-17-18-21-35-22-25(28-23(2)31)26(32)29-24(19-20-30)27(33)34/h24-25,30H,3-22H2,1-2H3,(H,28,31)(H,29,32)(H,33,34)/t24-,25+/m0/s1. The van der Waals surface area contributed by atoms with Crippen molar-refractivity contribution in [2.45, 2.75) is 135 Å². The van der Waals surface area contributed by atoms with E-state index in [1.165, 1.54) is 103 Å². The summed E-state index contributed by atoms with van der Waals surface area (Å²) in [6.07, 6.45) is 21.2. The van der Waals surface area contributed by atoms with Crippen LogP contribution < -0.4 is 10.6 Å². The number of carboxylic acid groups (broad SMARTS) is 1. The molecule has 0 unspecified atom stereocenters. The second-order valence-corrected chi connectivity index (χ2v) is 10.7.